The molecule has 0 bridgehead atoms. The number of carbonyl (C=O) groups is 1. The second-order valence-corrected chi connectivity index (χ2v) is 7.34. The van der Waals surface area contributed by atoms with E-state index in [2.05, 4.69) is 27.2 Å². The molecule has 1 saturated heterocycles. The van der Waals surface area contributed by atoms with Crippen LogP contribution in [0.3, 0.4) is 0 Å². The summed E-state index contributed by atoms with van der Waals surface area (Å²) in [6, 6.07) is 3.84. The fraction of sp³-hybridized carbons (Fsp3) is 0.579. The monoisotopic (exact) mass is 341 g/mol. The zero-order chi connectivity index (χ0) is 17.2. The third-order valence-corrected chi connectivity index (χ3v) is 5.67. The average molecular weight is 341 g/mol. The fourth-order valence-corrected chi connectivity index (χ4v) is 4.11. The Morgan fingerprint density at radius 1 is 1.20 bits per heavy atom. The molecule has 2 aliphatic rings. The van der Waals surface area contributed by atoms with E-state index in [1.54, 1.807) is 0 Å². The zero-order valence-corrected chi connectivity index (χ0v) is 14.7. The molecule has 3 heterocycles. The van der Waals surface area contributed by atoms with Gasteiger partial charge >= 0.3 is 0 Å². The molecule has 0 saturated carbocycles. The molecule has 0 unspecified atom stereocenters. The van der Waals surface area contributed by atoms with Crippen molar-refractivity contribution < 1.29 is 4.79 Å². The number of nitrogens with one attached hydrogen (secondary N) is 1. The van der Waals surface area contributed by atoms with E-state index in [1.165, 1.54) is 30.4 Å². The lowest BCUT2D eigenvalue weighted by Crippen LogP contribution is -2.48. The number of fused-ring (bicyclic) bond motifs is 3. The summed E-state index contributed by atoms with van der Waals surface area (Å²) in [4.78, 5) is 17.2. The number of nitrogens with two attached hydrogens (primary N) is 1. The van der Waals surface area contributed by atoms with E-state index in [0.29, 0.717) is 13.0 Å². The Bertz CT molecular complexity index is 749. The van der Waals surface area contributed by atoms with E-state index in [1.807, 2.05) is 11.1 Å². The number of aromatic amines is 1. The molecule has 1 atom stereocenters. The van der Waals surface area contributed by atoms with Crippen molar-refractivity contribution in [3.63, 3.8) is 0 Å². The Balaban J connectivity index is 1.58. The SMILES string of the molecule is N[C@@H]1CCc2ccc3[nH]ncc3c2CN(CCN2CCCCC2)C1=O. The molecular formula is C19H27N5O. The van der Waals surface area contributed by atoms with Gasteiger partial charge in [0, 0.05) is 25.0 Å². The Morgan fingerprint density at radius 3 is 2.88 bits per heavy atom. The normalized spacial score (nSPS) is 22.7. The second kappa shape index (κ2) is 7.14. The summed E-state index contributed by atoms with van der Waals surface area (Å²) in [7, 11) is 0. The summed E-state index contributed by atoms with van der Waals surface area (Å²) < 4.78 is 0. The lowest BCUT2D eigenvalue weighted by atomic mass is 9.94. The van der Waals surface area contributed by atoms with Crippen molar-refractivity contribution in [2.75, 3.05) is 26.2 Å². The summed E-state index contributed by atoms with van der Waals surface area (Å²) in [6.07, 6.45) is 7.30. The molecule has 0 radical (unpaired) electrons. The van der Waals surface area contributed by atoms with Crippen LogP contribution in [0.25, 0.3) is 10.9 Å². The lowest BCUT2D eigenvalue weighted by Gasteiger charge is -2.33. The average Bonchev–Trinajstić information content (AvgIpc) is 3.12. The number of aryl methyl sites for hydroxylation is 1. The molecule has 1 amide bonds. The number of rotatable bonds is 3. The molecule has 3 N–H and O–H groups in total. The number of likely N-dealkylation sites (tertiary alicyclic amines) is 1. The number of amides is 1. The van der Waals surface area contributed by atoms with E-state index in [9.17, 15) is 4.79 Å². The van der Waals surface area contributed by atoms with Gasteiger partial charge in [-0.2, -0.15) is 5.10 Å². The van der Waals surface area contributed by atoms with E-state index in [4.69, 9.17) is 5.73 Å². The topological polar surface area (TPSA) is 78.2 Å². The van der Waals surface area contributed by atoms with Crippen molar-refractivity contribution in [2.24, 2.45) is 5.73 Å². The van der Waals surface area contributed by atoms with Crippen molar-refractivity contribution in [3.05, 3.63) is 29.5 Å². The first kappa shape index (κ1) is 16.5. The highest BCUT2D eigenvalue weighted by Gasteiger charge is 2.26. The van der Waals surface area contributed by atoms with Gasteiger partial charge in [0.1, 0.15) is 0 Å². The summed E-state index contributed by atoms with van der Waals surface area (Å²) in [5.74, 6) is 0.0863. The minimum Gasteiger partial charge on any atom is -0.336 e. The van der Waals surface area contributed by atoms with Crippen LogP contribution in [-0.4, -0.2) is 58.1 Å². The van der Waals surface area contributed by atoms with Crippen molar-refractivity contribution >= 4 is 16.8 Å². The van der Waals surface area contributed by atoms with Crippen LogP contribution in [0.4, 0.5) is 0 Å². The molecule has 1 aromatic heterocycles. The molecule has 6 nitrogen and oxygen atoms in total. The standard InChI is InChI=1S/C19H27N5O/c20-17-6-4-14-5-7-18-15(12-21-22-18)16(14)13-24(19(17)25)11-10-23-8-2-1-3-9-23/h5,7,12,17H,1-4,6,8-11,13,20H2,(H,21,22)/t17-/m1/s1. The van der Waals surface area contributed by atoms with E-state index >= 15 is 0 Å². The number of carbonyl (C=O) groups excluding carboxylic acids is 1. The maximum Gasteiger partial charge on any atom is 0.239 e. The molecule has 6 heteroatoms. The van der Waals surface area contributed by atoms with Gasteiger partial charge in [-0.05, 0) is 56.0 Å². The van der Waals surface area contributed by atoms with E-state index in [0.717, 1.165) is 43.5 Å². The van der Waals surface area contributed by atoms with Crippen LogP contribution in [0.1, 0.15) is 36.8 Å². The molecule has 0 spiro atoms. The number of H-pyrrole nitrogens is 1. The van der Waals surface area contributed by atoms with E-state index < -0.39 is 6.04 Å². The van der Waals surface area contributed by atoms with Crippen molar-refractivity contribution in [2.45, 2.75) is 44.7 Å². The Labute approximate surface area is 148 Å². The van der Waals surface area contributed by atoms with Gasteiger partial charge in [-0.1, -0.05) is 12.5 Å². The van der Waals surface area contributed by atoms with Gasteiger partial charge in [-0.3, -0.25) is 9.89 Å². The van der Waals surface area contributed by atoms with Gasteiger partial charge in [0.25, 0.3) is 0 Å². The first-order valence-electron chi connectivity index (χ1n) is 9.43. The van der Waals surface area contributed by atoms with Crippen LogP contribution >= 0.6 is 0 Å². The zero-order valence-electron chi connectivity index (χ0n) is 14.7. The molecule has 1 fully saturated rings. The van der Waals surface area contributed by atoms with Crippen LogP contribution in [0.15, 0.2) is 18.3 Å². The number of piperidine rings is 1. The Hall–Kier alpha value is -1.92. The number of aromatic nitrogens is 2. The molecule has 2 aliphatic heterocycles. The molecular weight excluding hydrogens is 314 g/mol. The maximum atomic E-state index is 12.8. The minimum absolute atomic E-state index is 0.0863. The van der Waals surface area contributed by atoms with Crippen LogP contribution in [0.5, 0.6) is 0 Å². The van der Waals surface area contributed by atoms with Crippen LogP contribution < -0.4 is 5.73 Å². The number of hydrogen-bond acceptors (Lipinski definition) is 4. The predicted molar refractivity (Wildman–Crippen MR) is 98.1 cm³/mol. The molecule has 0 aliphatic carbocycles. The third kappa shape index (κ3) is 3.41. The fourth-order valence-electron chi connectivity index (χ4n) is 4.11. The Kier molecular flexibility index (Phi) is 4.72. The first-order valence-corrected chi connectivity index (χ1v) is 9.43. The van der Waals surface area contributed by atoms with Crippen molar-refractivity contribution in [3.8, 4) is 0 Å². The van der Waals surface area contributed by atoms with Gasteiger partial charge < -0.3 is 15.5 Å². The lowest BCUT2D eigenvalue weighted by molar-refractivity contribution is -0.133. The summed E-state index contributed by atoms with van der Waals surface area (Å²) in [6.45, 7) is 4.62. The van der Waals surface area contributed by atoms with Gasteiger partial charge in [0.2, 0.25) is 5.91 Å². The van der Waals surface area contributed by atoms with Crippen molar-refractivity contribution in [1.29, 1.82) is 0 Å². The molecule has 2 aromatic rings. The van der Waals surface area contributed by atoms with Crippen LogP contribution in [0, 0.1) is 0 Å². The quantitative estimate of drug-likeness (QED) is 0.890. The van der Waals surface area contributed by atoms with Gasteiger partial charge in [-0.25, -0.2) is 0 Å². The minimum atomic E-state index is -0.394. The van der Waals surface area contributed by atoms with E-state index in [-0.39, 0.29) is 5.91 Å². The predicted octanol–water partition coefficient (Wildman–Crippen LogP) is 1.65. The number of nitrogens with zero attached hydrogens (tertiary/aromatic N) is 3. The second-order valence-electron chi connectivity index (χ2n) is 7.34. The highest BCUT2D eigenvalue weighted by Crippen LogP contribution is 2.26. The molecule has 4 rings (SSSR count). The number of hydrogen-bond donors (Lipinski definition) is 2. The molecule has 134 valence electrons. The van der Waals surface area contributed by atoms with Crippen LogP contribution in [-0.2, 0) is 17.8 Å². The largest absolute Gasteiger partial charge is 0.336 e. The summed E-state index contributed by atoms with van der Waals surface area (Å²) in [5, 5.41) is 8.35. The maximum absolute atomic E-state index is 12.8. The smallest absolute Gasteiger partial charge is 0.239 e. The first-order chi connectivity index (χ1) is 12.2. The summed E-state index contributed by atoms with van der Waals surface area (Å²) >= 11 is 0. The Morgan fingerprint density at radius 2 is 2.04 bits per heavy atom. The molecule has 25 heavy (non-hydrogen) atoms. The number of benzene rings is 1. The summed E-state index contributed by atoms with van der Waals surface area (Å²) in [5.41, 5.74) is 9.73. The van der Waals surface area contributed by atoms with Crippen molar-refractivity contribution in [1.82, 2.24) is 20.0 Å². The van der Waals surface area contributed by atoms with Crippen LogP contribution in [0.2, 0.25) is 0 Å². The highest BCUT2D eigenvalue weighted by atomic mass is 16.2. The third-order valence-electron chi connectivity index (χ3n) is 5.67. The van der Waals surface area contributed by atoms with Gasteiger partial charge in [0.05, 0.1) is 17.8 Å². The highest BCUT2D eigenvalue weighted by molar-refractivity contribution is 5.86. The van der Waals surface area contributed by atoms with Gasteiger partial charge in [0.15, 0.2) is 0 Å². The van der Waals surface area contributed by atoms with Gasteiger partial charge in [-0.15, -0.1) is 0 Å². The molecule has 1 aromatic carbocycles.